The van der Waals surface area contributed by atoms with Crippen molar-refractivity contribution in [2.75, 3.05) is 13.6 Å². The van der Waals surface area contributed by atoms with Crippen molar-refractivity contribution in [3.63, 3.8) is 0 Å². The highest BCUT2D eigenvalue weighted by Crippen LogP contribution is 2.28. The summed E-state index contributed by atoms with van der Waals surface area (Å²) in [5.74, 6) is 0.829. The van der Waals surface area contributed by atoms with Gasteiger partial charge in [-0.3, -0.25) is 9.59 Å². The maximum atomic E-state index is 13.6. The number of piperidine rings is 1. The van der Waals surface area contributed by atoms with Gasteiger partial charge in [-0.25, -0.2) is 4.98 Å². The van der Waals surface area contributed by atoms with Gasteiger partial charge in [-0.15, -0.1) is 0 Å². The van der Waals surface area contributed by atoms with Crippen molar-refractivity contribution in [1.29, 1.82) is 0 Å². The van der Waals surface area contributed by atoms with Crippen molar-refractivity contribution in [2.24, 2.45) is 0 Å². The van der Waals surface area contributed by atoms with Gasteiger partial charge in [0.15, 0.2) is 0 Å². The fourth-order valence-electron chi connectivity index (χ4n) is 4.29. The Hall–Kier alpha value is -3.15. The van der Waals surface area contributed by atoms with Crippen LogP contribution in [0, 0.1) is 0 Å². The van der Waals surface area contributed by atoms with Crippen LogP contribution < -0.4 is 0 Å². The number of benzene rings is 2. The van der Waals surface area contributed by atoms with Crippen LogP contribution in [0.4, 0.5) is 0 Å². The van der Waals surface area contributed by atoms with E-state index in [1.165, 1.54) is 0 Å². The van der Waals surface area contributed by atoms with Crippen LogP contribution in [0.1, 0.15) is 43.6 Å². The molecule has 2 amide bonds. The van der Waals surface area contributed by atoms with Gasteiger partial charge in [0.25, 0.3) is 0 Å². The third-order valence-electron chi connectivity index (χ3n) is 5.83. The topological polar surface area (TPSA) is 58.4 Å². The highest BCUT2D eigenvalue weighted by atomic mass is 16.2. The minimum absolute atomic E-state index is 0.0534. The zero-order chi connectivity index (χ0) is 21.1. The van der Waals surface area contributed by atoms with E-state index in [9.17, 15) is 9.59 Å². The first-order valence-electron chi connectivity index (χ1n) is 10.6. The molecular formula is C24H28N4O2. The van der Waals surface area contributed by atoms with Gasteiger partial charge in [0.1, 0.15) is 11.9 Å². The van der Waals surface area contributed by atoms with Gasteiger partial charge < -0.3 is 14.4 Å². The first-order valence-corrected chi connectivity index (χ1v) is 10.6. The van der Waals surface area contributed by atoms with E-state index in [0.29, 0.717) is 19.5 Å². The summed E-state index contributed by atoms with van der Waals surface area (Å²) >= 11 is 0. The number of amides is 2. The lowest BCUT2D eigenvalue weighted by atomic mass is 10.00. The molecule has 6 nitrogen and oxygen atoms in total. The molecule has 1 saturated heterocycles. The van der Waals surface area contributed by atoms with Crippen LogP contribution in [0.15, 0.2) is 54.6 Å². The van der Waals surface area contributed by atoms with Crippen LogP contribution in [0.3, 0.4) is 0 Å². The Kier molecular flexibility index (Phi) is 5.84. The number of hydrogen-bond acceptors (Lipinski definition) is 3. The second-order valence-corrected chi connectivity index (χ2v) is 7.81. The van der Waals surface area contributed by atoms with Gasteiger partial charge in [0, 0.05) is 26.6 Å². The Morgan fingerprint density at radius 1 is 1.10 bits per heavy atom. The zero-order valence-corrected chi connectivity index (χ0v) is 17.6. The fraction of sp³-hybridized carbons (Fsp3) is 0.375. The van der Waals surface area contributed by atoms with Crippen molar-refractivity contribution in [2.45, 2.75) is 45.3 Å². The van der Waals surface area contributed by atoms with Crippen LogP contribution in [-0.4, -0.2) is 44.8 Å². The predicted molar refractivity (Wildman–Crippen MR) is 117 cm³/mol. The number of likely N-dealkylation sites (N-methyl/N-ethyl adjacent to an activating group) is 1. The molecule has 1 aliphatic heterocycles. The lowest BCUT2D eigenvalue weighted by Gasteiger charge is -2.36. The number of nitrogens with zero attached hydrogens (tertiary/aromatic N) is 4. The Labute approximate surface area is 177 Å². The molecule has 1 aliphatic rings. The van der Waals surface area contributed by atoms with Crippen molar-refractivity contribution in [3.05, 3.63) is 66.0 Å². The van der Waals surface area contributed by atoms with Crippen molar-refractivity contribution >= 4 is 22.8 Å². The van der Waals surface area contributed by atoms with Crippen LogP contribution in [0.25, 0.3) is 11.0 Å². The maximum Gasteiger partial charge on any atom is 0.250 e. The number of aryl methyl sites for hydroxylation is 1. The number of carbonyl (C=O) groups is 2. The van der Waals surface area contributed by atoms with Gasteiger partial charge in [-0.2, -0.15) is 0 Å². The number of carbonyl (C=O) groups excluding carboxylic acids is 2. The first-order chi connectivity index (χ1) is 14.6. The molecule has 1 atom stereocenters. The van der Waals surface area contributed by atoms with Crippen LogP contribution in [0.2, 0.25) is 0 Å². The molecule has 0 spiro atoms. The monoisotopic (exact) mass is 404 g/mol. The quantitative estimate of drug-likeness (QED) is 0.628. The molecule has 2 aromatic carbocycles. The minimum atomic E-state index is -0.594. The summed E-state index contributed by atoms with van der Waals surface area (Å²) in [5, 5.41) is 0. The molecule has 1 fully saturated rings. The number of rotatable bonds is 6. The van der Waals surface area contributed by atoms with Crippen LogP contribution in [-0.2, 0) is 22.7 Å². The standard InChI is InChI=1S/C24H28N4O2/c1-3-27-20-14-8-7-13-19(20)25-21(27)17-26(2)24(30)23(18-11-5-4-6-12-18)28-16-10-9-15-22(28)29/h4-8,11-14,23H,3,9-10,15-17H2,1-2H3. The Morgan fingerprint density at radius 2 is 1.83 bits per heavy atom. The average Bonchev–Trinajstić information content (AvgIpc) is 3.12. The summed E-state index contributed by atoms with van der Waals surface area (Å²) in [7, 11) is 1.80. The molecule has 3 aromatic rings. The largest absolute Gasteiger partial charge is 0.336 e. The summed E-state index contributed by atoms with van der Waals surface area (Å²) in [5.41, 5.74) is 2.86. The van der Waals surface area contributed by atoms with E-state index < -0.39 is 6.04 Å². The smallest absolute Gasteiger partial charge is 0.250 e. The summed E-state index contributed by atoms with van der Waals surface area (Å²) < 4.78 is 2.14. The maximum absolute atomic E-state index is 13.6. The van der Waals surface area contributed by atoms with Gasteiger partial charge in [-0.1, -0.05) is 42.5 Å². The van der Waals surface area contributed by atoms with Crippen LogP contribution in [0.5, 0.6) is 0 Å². The van der Waals surface area contributed by atoms with E-state index in [1.807, 2.05) is 48.5 Å². The van der Waals surface area contributed by atoms with Gasteiger partial charge >= 0.3 is 0 Å². The third-order valence-corrected chi connectivity index (χ3v) is 5.83. The molecule has 0 bridgehead atoms. The SMILES string of the molecule is CCn1c(CN(C)C(=O)C(c2ccccc2)N2CCCCC2=O)nc2ccccc21. The lowest BCUT2D eigenvalue weighted by molar-refractivity contribution is -0.147. The molecular weight excluding hydrogens is 376 g/mol. The second kappa shape index (κ2) is 8.69. The molecule has 0 saturated carbocycles. The molecule has 30 heavy (non-hydrogen) atoms. The van der Waals surface area contributed by atoms with Crippen LogP contribution >= 0.6 is 0 Å². The molecule has 4 rings (SSSR count). The molecule has 6 heteroatoms. The molecule has 1 aromatic heterocycles. The number of aromatic nitrogens is 2. The van der Waals surface area contributed by atoms with Gasteiger partial charge in [-0.05, 0) is 37.5 Å². The minimum Gasteiger partial charge on any atom is -0.336 e. The van der Waals surface area contributed by atoms with E-state index in [1.54, 1.807) is 16.8 Å². The van der Waals surface area contributed by atoms with Gasteiger partial charge in [0.05, 0.1) is 17.6 Å². The van der Waals surface area contributed by atoms with Crippen molar-refractivity contribution in [1.82, 2.24) is 19.4 Å². The fourth-order valence-corrected chi connectivity index (χ4v) is 4.29. The Bertz CT molecular complexity index is 1040. The Morgan fingerprint density at radius 3 is 2.57 bits per heavy atom. The van der Waals surface area contributed by atoms with E-state index in [4.69, 9.17) is 4.98 Å². The molecule has 0 aliphatic carbocycles. The highest BCUT2D eigenvalue weighted by Gasteiger charge is 2.34. The average molecular weight is 405 g/mol. The third kappa shape index (κ3) is 3.82. The molecule has 0 radical (unpaired) electrons. The van der Waals surface area contributed by atoms with E-state index in [2.05, 4.69) is 17.6 Å². The number of hydrogen-bond donors (Lipinski definition) is 0. The van der Waals surface area contributed by atoms with Crippen molar-refractivity contribution < 1.29 is 9.59 Å². The second-order valence-electron chi connectivity index (χ2n) is 7.81. The molecule has 1 unspecified atom stereocenters. The van der Waals surface area contributed by atoms with Gasteiger partial charge in [0.2, 0.25) is 11.8 Å². The summed E-state index contributed by atoms with van der Waals surface area (Å²) in [6.45, 7) is 3.88. The molecule has 2 heterocycles. The summed E-state index contributed by atoms with van der Waals surface area (Å²) in [4.78, 5) is 34.5. The molecule has 0 N–H and O–H groups in total. The van der Waals surface area contributed by atoms with E-state index in [0.717, 1.165) is 41.8 Å². The lowest BCUT2D eigenvalue weighted by Crippen LogP contribution is -2.46. The number of imidazole rings is 1. The normalized spacial score (nSPS) is 15.4. The predicted octanol–water partition coefficient (Wildman–Crippen LogP) is 3.77. The van der Waals surface area contributed by atoms with E-state index in [-0.39, 0.29) is 11.8 Å². The number of para-hydroxylation sites is 2. The van der Waals surface area contributed by atoms with Crippen molar-refractivity contribution in [3.8, 4) is 0 Å². The first kappa shape index (κ1) is 20.1. The Balaban J connectivity index is 1.64. The summed E-state index contributed by atoms with van der Waals surface area (Å²) in [6.07, 6.45) is 2.32. The van der Waals surface area contributed by atoms with E-state index >= 15 is 0 Å². The summed E-state index contributed by atoms with van der Waals surface area (Å²) in [6, 6.07) is 17.0. The zero-order valence-electron chi connectivity index (χ0n) is 17.6. The number of fused-ring (bicyclic) bond motifs is 1. The highest BCUT2D eigenvalue weighted by molar-refractivity contribution is 5.89. The molecule has 156 valence electrons. The number of likely N-dealkylation sites (tertiary alicyclic amines) is 1.